The zero-order valence-corrected chi connectivity index (χ0v) is 12.0. The van der Waals surface area contributed by atoms with E-state index in [-0.39, 0.29) is 12.5 Å². The van der Waals surface area contributed by atoms with Gasteiger partial charge in [0.05, 0.1) is 0 Å². The monoisotopic (exact) mass is 287 g/mol. The van der Waals surface area contributed by atoms with E-state index in [4.69, 9.17) is 4.74 Å². The second-order valence-corrected chi connectivity index (χ2v) is 5.77. The van der Waals surface area contributed by atoms with Crippen LogP contribution in [0.2, 0.25) is 0 Å². The number of carbonyl (C=O) groups is 1. The lowest BCUT2D eigenvalue weighted by molar-refractivity contribution is -0.134. The number of nitrogens with zero attached hydrogens (tertiary/aromatic N) is 1. The molecule has 0 bridgehead atoms. The third-order valence-electron chi connectivity index (χ3n) is 3.35. The summed E-state index contributed by atoms with van der Waals surface area (Å²) < 4.78 is 5.56. The van der Waals surface area contributed by atoms with Crippen molar-refractivity contribution in [3.05, 3.63) is 52.7 Å². The van der Waals surface area contributed by atoms with Gasteiger partial charge in [0.15, 0.2) is 6.61 Å². The van der Waals surface area contributed by atoms with Crippen molar-refractivity contribution in [2.24, 2.45) is 0 Å². The Bertz CT molecular complexity index is 549. The minimum Gasteiger partial charge on any atom is -0.484 e. The van der Waals surface area contributed by atoms with Crippen molar-refractivity contribution in [2.75, 3.05) is 6.61 Å². The molecule has 1 aromatic heterocycles. The average molecular weight is 287 g/mol. The summed E-state index contributed by atoms with van der Waals surface area (Å²) in [4.78, 5) is 14.3. The van der Waals surface area contributed by atoms with Crippen LogP contribution < -0.4 is 4.74 Å². The molecule has 0 aliphatic heterocycles. The Labute approximate surface area is 122 Å². The van der Waals surface area contributed by atoms with Crippen molar-refractivity contribution in [2.45, 2.75) is 25.4 Å². The zero-order valence-electron chi connectivity index (χ0n) is 11.2. The molecule has 1 fully saturated rings. The zero-order chi connectivity index (χ0) is 13.8. The van der Waals surface area contributed by atoms with Gasteiger partial charge in [-0.2, -0.15) is 11.3 Å². The summed E-state index contributed by atoms with van der Waals surface area (Å²) in [5.74, 6) is 0.815. The molecule has 1 aromatic carbocycles. The van der Waals surface area contributed by atoms with E-state index in [1.54, 1.807) is 11.3 Å². The van der Waals surface area contributed by atoms with Crippen molar-refractivity contribution in [3.8, 4) is 5.75 Å². The standard InChI is InChI=1S/C16H17NO2S/c18-16(11-19-15-4-2-1-3-5-15)17(14-6-7-14)10-13-8-9-20-12-13/h1-5,8-9,12,14H,6-7,10-11H2. The molecule has 3 rings (SSSR count). The van der Waals surface area contributed by atoms with Crippen LogP contribution in [0.15, 0.2) is 47.2 Å². The van der Waals surface area contributed by atoms with Gasteiger partial charge < -0.3 is 9.64 Å². The van der Waals surface area contributed by atoms with Gasteiger partial charge in [-0.15, -0.1) is 0 Å². The third-order valence-corrected chi connectivity index (χ3v) is 4.08. The first-order valence-electron chi connectivity index (χ1n) is 6.81. The summed E-state index contributed by atoms with van der Waals surface area (Å²) in [6.45, 7) is 0.815. The van der Waals surface area contributed by atoms with Crippen LogP contribution in [0.25, 0.3) is 0 Å². The van der Waals surface area contributed by atoms with Crippen LogP contribution in [0.3, 0.4) is 0 Å². The van der Waals surface area contributed by atoms with E-state index in [1.807, 2.05) is 40.6 Å². The fraction of sp³-hybridized carbons (Fsp3) is 0.312. The van der Waals surface area contributed by atoms with Crippen LogP contribution in [0.5, 0.6) is 5.75 Å². The molecule has 1 aliphatic carbocycles. The van der Waals surface area contributed by atoms with Crippen LogP contribution in [0, 0.1) is 0 Å². The maximum Gasteiger partial charge on any atom is 0.261 e. The molecular formula is C16H17NO2S. The lowest BCUT2D eigenvalue weighted by Crippen LogP contribution is -2.36. The molecule has 0 radical (unpaired) electrons. The van der Waals surface area contributed by atoms with E-state index in [2.05, 4.69) is 11.4 Å². The molecule has 1 saturated carbocycles. The van der Waals surface area contributed by atoms with Crippen LogP contribution in [-0.4, -0.2) is 23.5 Å². The largest absolute Gasteiger partial charge is 0.484 e. The number of hydrogen-bond donors (Lipinski definition) is 0. The molecule has 0 saturated heterocycles. The number of ether oxygens (including phenoxy) is 1. The topological polar surface area (TPSA) is 29.5 Å². The molecule has 2 aromatic rings. The molecule has 4 heteroatoms. The number of rotatable bonds is 6. The predicted octanol–water partition coefficient (Wildman–Crippen LogP) is 3.32. The van der Waals surface area contributed by atoms with Gasteiger partial charge >= 0.3 is 0 Å². The van der Waals surface area contributed by atoms with Gasteiger partial charge in [-0.25, -0.2) is 0 Å². The molecule has 0 atom stereocenters. The Kier molecular flexibility index (Phi) is 4.02. The van der Waals surface area contributed by atoms with E-state index < -0.39 is 0 Å². The molecule has 20 heavy (non-hydrogen) atoms. The van der Waals surface area contributed by atoms with Crippen molar-refractivity contribution >= 4 is 17.2 Å². The molecule has 1 heterocycles. The van der Waals surface area contributed by atoms with Gasteiger partial charge in [0, 0.05) is 12.6 Å². The van der Waals surface area contributed by atoms with Crippen LogP contribution in [-0.2, 0) is 11.3 Å². The summed E-state index contributed by atoms with van der Waals surface area (Å²) in [5, 5.41) is 4.14. The Morgan fingerprint density at radius 3 is 2.70 bits per heavy atom. The number of thiophene rings is 1. The van der Waals surface area contributed by atoms with Crippen molar-refractivity contribution in [1.82, 2.24) is 4.90 Å². The summed E-state index contributed by atoms with van der Waals surface area (Å²) in [5.41, 5.74) is 1.20. The molecule has 1 aliphatic rings. The van der Waals surface area contributed by atoms with E-state index >= 15 is 0 Å². The van der Waals surface area contributed by atoms with Gasteiger partial charge in [0.25, 0.3) is 5.91 Å². The minimum atomic E-state index is 0.0718. The molecule has 3 nitrogen and oxygen atoms in total. The van der Waals surface area contributed by atoms with E-state index in [9.17, 15) is 4.79 Å². The Morgan fingerprint density at radius 1 is 1.25 bits per heavy atom. The Hall–Kier alpha value is -1.81. The lowest BCUT2D eigenvalue weighted by Gasteiger charge is -2.22. The lowest BCUT2D eigenvalue weighted by atomic mass is 10.3. The highest BCUT2D eigenvalue weighted by atomic mass is 32.1. The first-order chi connectivity index (χ1) is 9.83. The minimum absolute atomic E-state index is 0.0718. The van der Waals surface area contributed by atoms with E-state index in [1.165, 1.54) is 5.56 Å². The SMILES string of the molecule is O=C(COc1ccccc1)N(Cc1ccsc1)C1CC1. The van der Waals surface area contributed by atoms with E-state index in [0.717, 1.165) is 18.6 Å². The van der Waals surface area contributed by atoms with Crippen molar-refractivity contribution < 1.29 is 9.53 Å². The maximum absolute atomic E-state index is 12.3. The number of para-hydroxylation sites is 1. The summed E-state index contributed by atoms with van der Waals surface area (Å²) in [7, 11) is 0. The highest BCUT2D eigenvalue weighted by Crippen LogP contribution is 2.29. The normalized spacial score (nSPS) is 14.0. The number of amides is 1. The second kappa shape index (κ2) is 6.09. The first-order valence-corrected chi connectivity index (χ1v) is 7.75. The number of hydrogen-bond acceptors (Lipinski definition) is 3. The second-order valence-electron chi connectivity index (χ2n) is 4.99. The Balaban J connectivity index is 1.58. The molecular weight excluding hydrogens is 270 g/mol. The van der Waals surface area contributed by atoms with Crippen molar-refractivity contribution in [1.29, 1.82) is 0 Å². The van der Waals surface area contributed by atoms with Crippen LogP contribution >= 0.6 is 11.3 Å². The van der Waals surface area contributed by atoms with Crippen LogP contribution in [0.1, 0.15) is 18.4 Å². The summed E-state index contributed by atoms with van der Waals surface area (Å²) >= 11 is 1.67. The van der Waals surface area contributed by atoms with Gasteiger partial charge in [-0.3, -0.25) is 4.79 Å². The fourth-order valence-corrected chi connectivity index (χ4v) is 2.79. The first kappa shape index (κ1) is 13.2. The van der Waals surface area contributed by atoms with Gasteiger partial charge in [-0.05, 0) is 47.4 Å². The highest BCUT2D eigenvalue weighted by molar-refractivity contribution is 7.07. The van der Waals surface area contributed by atoms with E-state index in [0.29, 0.717) is 12.6 Å². The van der Waals surface area contributed by atoms with Gasteiger partial charge in [0.2, 0.25) is 0 Å². The smallest absolute Gasteiger partial charge is 0.261 e. The molecule has 0 N–H and O–H groups in total. The quantitative estimate of drug-likeness (QED) is 0.815. The summed E-state index contributed by atoms with van der Waals surface area (Å²) in [6, 6.07) is 12.0. The maximum atomic E-state index is 12.3. The average Bonchev–Trinajstić information content (AvgIpc) is 3.20. The predicted molar refractivity (Wildman–Crippen MR) is 79.8 cm³/mol. The highest BCUT2D eigenvalue weighted by Gasteiger charge is 2.32. The third kappa shape index (κ3) is 3.39. The number of carbonyl (C=O) groups excluding carboxylic acids is 1. The molecule has 0 spiro atoms. The fourth-order valence-electron chi connectivity index (χ4n) is 2.13. The number of benzene rings is 1. The summed E-state index contributed by atoms with van der Waals surface area (Å²) in [6.07, 6.45) is 2.22. The van der Waals surface area contributed by atoms with Gasteiger partial charge in [0.1, 0.15) is 5.75 Å². The molecule has 0 unspecified atom stereocenters. The Morgan fingerprint density at radius 2 is 2.05 bits per heavy atom. The molecule has 1 amide bonds. The van der Waals surface area contributed by atoms with Gasteiger partial charge in [-0.1, -0.05) is 18.2 Å². The van der Waals surface area contributed by atoms with Crippen LogP contribution in [0.4, 0.5) is 0 Å². The van der Waals surface area contributed by atoms with Crippen molar-refractivity contribution in [3.63, 3.8) is 0 Å². The molecule has 104 valence electrons.